The number of terminal acetylenes is 1. The molecule has 0 aliphatic rings. The van der Waals surface area contributed by atoms with Crippen LogP contribution in [0.5, 0.6) is 5.88 Å². The molecule has 0 saturated carbocycles. The maximum absolute atomic E-state index is 11.1. The van der Waals surface area contributed by atoms with Gasteiger partial charge in [-0.1, -0.05) is 25.0 Å². The van der Waals surface area contributed by atoms with Crippen LogP contribution in [0.1, 0.15) is 51.4 Å². The summed E-state index contributed by atoms with van der Waals surface area (Å²) < 4.78 is 28.2. The molecule has 0 bridgehead atoms. The number of ether oxygens (including phenoxy) is 1. The largest absolute Gasteiger partial charge is 0.768 e. The van der Waals surface area contributed by atoms with Crippen molar-refractivity contribution in [3.8, 4) is 18.2 Å². The lowest BCUT2D eigenvalue weighted by molar-refractivity contribution is 0.101. The lowest BCUT2D eigenvalue weighted by atomic mass is 10.1. The maximum Gasteiger partial charge on any atom is 0.246 e. The number of nitrogens with one attached hydrogen (secondary N) is 1. The highest BCUT2D eigenvalue weighted by molar-refractivity contribution is 7.79. The van der Waals surface area contributed by atoms with Crippen LogP contribution in [0, 0.1) is 12.3 Å². The number of pyridine rings is 1. The molecule has 3 aromatic rings. The van der Waals surface area contributed by atoms with E-state index in [9.17, 15) is 8.76 Å². The van der Waals surface area contributed by atoms with E-state index >= 15 is 0 Å². The van der Waals surface area contributed by atoms with Crippen molar-refractivity contribution in [3.05, 3.63) is 47.7 Å². The molecule has 0 fully saturated rings. The zero-order valence-electron chi connectivity index (χ0n) is 17.3. The molecule has 0 aliphatic carbocycles. The van der Waals surface area contributed by atoms with Crippen molar-refractivity contribution in [1.29, 1.82) is 0 Å². The lowest BCUT2D eigenvalue weighted by Gasteiger charge is -2.25. The summed E-state index contributed by atoms with van der Waals surface area (Å²) in [5, 5.41) is 3.25. The second-order valence-corrected chi connectivity index (χ2v) is 8.39. The molecule has 0 aliphatic heterocycles. The number of hydrogen-bond acceptors (Lipinski definition) is 7. The standard InChI is InChI=1S/C22H24N4O3S/c1-6-16-10-13-18-19(24-16)20(29-22(4,5)7-2)26-21(25-18)23-14(3)15-8-11-17(12-9-15)30(27)28/h1,8-14H,7H2,2-5H3,(H,27,28)(H,23,25,26)/p-1. The molecule has 1 aromatic carbocycles. The smallest absolute Gasteiger partial charge is 0.246 e. The van der Waals surface area contributed by atoms with Gasteiger partial charge in [-0.2, -0.15) is 4.98 Å². The van der Waals surface area contributed by atoms with Crippen LogP contribution in [0.15, 0.2) is 41.3 Å². The SMILES string of the molecule is C#Cc1ccc2nc(NC(C)c3ccc(S(=O)[O-])cc3)nc(OC(C)(C)CC)c2n1. The predicted molar refractivity (Wildman–Crippen MR) is 116 cm³/mol. The summed E-state index contributed by atoms with van der Waals surface area (Å²) >= 11 is -2.25. The number of anilines is 1. The van der Waals surface area contributed by atoms with Crippen LogP contribution < -0.4 is 10.1 Å². The van der Waals surface area contributed by atoms with Crippen LogP contribution in [0.4, 0.5) is 5.95 Å². The van der Waals surface area contributed by atoms with E-state index in [2.05, 4.69) is 26.2 Å². The summed E-state index contributed by atoms with van der Waals surface area (Å²) in [7, 11) is 0. The number of rotatable bonds is 7. The van der Waals surface area contributed by atoms with Gasteiger partial charge in [0.15, 0.2) is 5.52 Å². The minimum Gasteiger partial charge on any atom is -0.768 e. The van der Waals surface area contributed by atoms with Gasteiger partial charge in [-0.15, -0.1) is 6.42 Å². The van der Waals surface area contributed by atoms with E-state index in [1.165, 1.54) is 0 Å². The monoisotopic (exact) mass is 423 g/mol. The molecular weight excluding hydrogens is 400 g/mol. The number of aromatic nitrogens is 3. The van der Waals surface area contributed by atoms with Gasteiger partial charge < -0.3 is 14.6 Å². The molecule has 7 nitrogen and oxygen atoms in total. The van der Waals surface area contributed by atoms with Crippen molar-refractivity contribution in [2.24, 2.45) is 0 Å². The van der Waals surface area contributed by atoms with Crippen molar-refractivity contribution in [2.75, 3.05) is 5.32 Å². The molecule has 0 radical (unpaired) electrons. The van der Waals surface area contributed by atoms with Gasteiger partial charge in [-0.3, -0.25) is 4.21 Å². The van der Waals surface area contributed by atoms with Gasteiger partial charge >= 0.3 is 0 Å². The van der Waals surface area contributed by atoms with E-state index in [4.69, 9.17) is 11.2 Å². The van der Waals surface area contributed by atoms with E-state index in [1.807, 2.05) is 27.7 Å². The molecule has 3 rings (SSSR count). The number of hydrogen-bond donors (Lipinski definition) is 1. The van der Waals surface area contributed by atoms with E-state index in [-0.39, 0.29) is 10.9 Å². The molecule has 0 saturated heterocycles. The summed E-state index contributed by atoms with van der Waals surface area (Å²) in [5.74, 6) is 3.26. The summed E-state index contributed by atoms with van der Waals surface area (Å²) in [4.78, 5) is 13.8. The first-order valence-corrected chi connectivity index (χ1v) is 10.6. The molecule has 0 spiro atoms. The van der Waals surface area contributed by atoms with Gasteiger partial charge in [0.05, 0.1) is 11.6 Å². The Morgan fingerprint density at radius 1 is 1.20 bits per heavy atom. The molecule has 156 valence electrons. The Balaban J connectivity index is 1.97. The summed E-state index contributed by atoms with van der Waals surface area (Å²) in [6, 6.07) is 9.97. The third-order valence-corrected chi connectivity index (χ3v) is 5.46. The lowest BCUT2D eigenvalue weighted by Crippen LogP contribution is -2.27. The van der Waals surface area contributed by atoms with Crippen molar-refractivity contribution >= 4 is 28.1 Å². The summed E-state index contributed by atoms with van der Waals surface area (Å²) in [6.07, 6.45) is 6.27. The van der Waals surface area contributed by atoms with Gasteiger partial charge in [-0.05, 0) is 68.1 Å². The molecular formula is C22H23N4O3S-. The molecule has 2 unspecified atom stereocenters. The van der Waals surface area contributed by atoms with E-state index < -0.39 is 16.7 Å². The Hall–Kier alpha value is -3.02. The van der Waals surface area contributed by atoms with Crippen molar-refractivity contribution < 1.29 is 13.5 Å². The third-order valence-electron chi connectivity index (χ3n) is 4.80. The fraction of sp³-hybridized carbons (Fsp3) is 0.318. The van der Waals surface area contributed by atoms with Crippen LogP contribution in [0.25, 0.3) is 11.0 Å². The Kier molecular flexibility index (Phi) is 6.34. The fourth-order valence-electron chi connectivity index (χ4n) is 2.68. The second kappa shape index (κ2) is 8.78. The van der Waals surface area contributed by atoms with Gasteiger partial charge in [0.25, 0.3) is 0 Å². The second-order valence-electron chi connectivity index (χ2n) is 7.45. The summed E-state index contributed by atoms with van der Waals surface area (Å²) in [6.45, 7) is 7.92. The van der Waals surface area contributed by atoms with Crippen LogP contribution in [-0.2, 0) is 11.1 Å². The molecule has 8 heteroatoms. The van der Waals surface area contributed by atoms with E-state index in [0.717, 1.165) is 12.0 Å². The molecule has 2 atom stereocenters. The van der Waals surface area contributed by atoms with E-state index in [1.54, 1.807) is 36.4 Å². The first-order valence-electron chi connectivity index (χ1n) is 9.52. The first kappa shape index (κ1) is 21.7. The number of benzene rings is 1. The fourth-order valence-corrected chi connectivity index (χ4v) is 3.04. The zero-order chi connectivity index (χ0) is 21.9. The van der Waals surface area contributed by atoms with Gasteiger partial charge in [0.1, 0.15) is 11.3 Å². The van der Waals surface area contributed by atoms with Crippen molar-refractivity contribution in [2.45, 2.75) is 50.7 Å². The van der Waals surface area contributed by atoms with Crippen LogP contribution in [0.2, 0.25) is 0 Å². The Labute approximate surface area is 178 Å². The number of fused-ring (bicyclic) bond motifs is 1. The highest BCUT2D eigenvalue weighted by Crippen LogP contribution is 2.28. The van der Waals surface area contributed by atoms with Crippen LogP contribution >= 0.6 is 0 Å². The van der Waals surface area contributed by atoms with Crippen LogP contribution in [0.3, 0.4) is 0 Å². The minimum absolute atomic E-state index is 0.165. The number of nitrogens with zero attached hydrogens (tertiary/aromatic N) is 3. The van der Waals surface area contributed by atoms with Crippen LogP contribution in [-0.4, -0.2) is 29.3 Å². The van der Waals surface area contributed by atoms with Gasteiger partial charge in [0, 0.05) is 4.90 Å². The minimum atomic E-state index is -2.25. The average Bonchev–Trinajstić information content (AvgIpc) is 2.73. The maximum atomic E-state index is 11.1. The molecule has 0 amide bonds. The van der Waals surface area contributed by atoms with Gasteiger partial charge in [-0.25, -0.2) is 9.97 Å². The van der Waals surface area contributed by atoms with Crippen molar-refractivity contribution in [3.63, 3.8) is 0 Å². The average molecular weight is 424 g/mol. The zero-order valence-corrected chi connectivity index (χ0v) is 18.1. The molecule has 2 aromatic heterocycles. The highest BCUT2D eigenvalue weighted by Gasteiger charge is 2.22. The molecule has 1 N–H and O–H groups in total. The molecule has 2 heterocycles. The third kappa shape index (κ3) is 4.93. The first-order chi connectivity index (χ1) is 14.2. The Morgan fingerprint density at radius 3 is 2.50 bits per heavy atom. The quantitative estimate of drug-likeness (QED) is 0.453. The topological polar surface area (TPSA) is 100 Å². The molecule has 30 heavy (non-hydrogen) atoms. The summed E-state index contributed by atoms with van der Waals surface area (Å²) in [5.41, 5.74) is 2.05. The predicted octanol–water partition coefficient (Wildman–Crippen LogP) is 3.98. The van der Waals surface area contributed by atoms with Gasteiger partial charge in [0.2, 0.25) is 11.8 Å². The normalized spacial score (nSPS) is 13.5. The van der Waals surface area contributed by atoms with Crippen molar-refractivity contribution in [1.82, 2.24) is 15.0 Å². The Morgan fingerprint density at radius 2 is 1.90 bits per heavy atom. The van der Waals surface area contributed by atoms with E-state index in [0.29, 0.717) is 28.6 Å². The highest BCUT2D eigenvalue weighted by atomic mass is 32.2. The Bertz CT molecular complexity index is 1120.